The summed E-state index contributed by atoms with van der Waals surface area (Å²) in [7, 11) is 1.27. The average Bonchev–Trinajstić information content (AvgIpc) is 2.19. The second-order valence-electron chi connectivity index (χ2n) is 3.13. The first-order valence-electron chi connectivity index (χ1n) is 4.30. The molecule has 0 saturated carbocycles. The minimum atomic E-state index is -1.28. The van der Waals surface area contributed by atoms with Gasteiger partial charge in [0, 0.05) is 5.56 Å². The summed E-state index contributed by atoms with van der Waals surface area (Å²) in [5, 5.41) is 8.77. The van der Waals surface area contributed by atoms with Gasteiger partial charge < -0.3 is 15.6 Å². The quantitative estimate of drug-likeness (QED) is 0.792. The van der Waals surface area contributed by atoms with Crippen molar-refractivity contribution in [3.8, 4) is 5.75 Å². The fourth-order valence-electron chi connectivity index (χ4n) is 1.39. The standard InChI is InChI=1S/C10H12FNO3/c1-5-3-4-6(11)9(15-2)7(5)8(12)10(13)14/h3-4,8H,12H2,1-2H3,(H,13,14). The molecule has 15 heavy (non-hydrogen) atoms. The van der Waals surface area contributed by atoms with Gasteiger partial charge in [0.15, 0.2) is 11.6 Å². The summed E-state index contributed by atoms with van der Waals surface area (Å²) < 4.78 is 18.1. The second kappa shape index (κ2) is 4.27. The molecule has 0 aliphatic rings. The van der Waals surface area contributed by atoms with Crippen LogP contribution in [0.4, 0.5) is 4.39 Å². The van der Waals surface area contributed by atoms with Crippen molar-refractivity contribution in [3.63, 3.8) is 0 Å². The van der Waals surface area contributed by atoms with Crippen LogP contribution in [0.15, 0.2) is 12.1 Å². The molecular formula is C10H12FNO3. The van der Waals surface area contributed by atoms with E-state index in [9.17, 15) is 9.18 Å². The van der Waals surface area contributed by atoms with Gasteiger partial charge in [-0.15, -0.1) is 0 Å². The van der Waals surface area contributed by atoms with E-state index in [1.54, 1.807) is 6.92 Å². The van der Waals surface area contributed by atoms with E-state index in [2.05, 4.69) is 0 Å². The predicted octanol–water partition coefficient (Wildman–Crippen LogP) is 1.23. The Kier molecular flexibility index (Phi) is 3.26. The predicted molar refractivity (Wildman–Crippen MR) is 52.3 cm³/mol. The molecule has 1 aromatic rings. The van der Waals surface area contributed by atoms with Crippen LogP contribution >= 0.6 is 0 Å². The highest BCUT2D eigenvalue weighted by Crippen LogP contribution is 2.30. The van der Waals surface area contributed by atoms with Gasteiger partial charge in [0.25, 0.3) is 0 Å². The molecule has 0 aliphatic carbocycles. The largest absolute Gasteiger partial charge is 0.493 e. The summed E-state index contributed by atoms with van der Waals surface area (Å²) in [5.74, 6) is -1.94. The summed E-state index contributed by atoms with van der Waals surface area (Å²) in [6, 6.07) is 1.40. The number of methoxy groups -OCH3 is 1. The molecule has 4 nitrogen and oxygen atoms in total. The fourth-order valence-corrected chi connectivity index (χ4v) is 1.39. The number of benzene rings is 1. The normalized spacial score (nSPS) is 12.3. The molecule has 1 rings (SSSR count). The molecule has 82 valence electrons. The van der Waals surface area contributed by atoms with Crippen LogP contribution in [0.25, 0.3) is 0 Å². The summed E-state index contributed by atoms with van der Waals surface area (Å²) in [4.78, 5) is 10.7. The second-order valence-corrected chi connectivity index (χ2v) is 3.13. The number of carbonyl (C=O) groups is 1. The van der Waals surface area contributed by atoms with E-state index in [0.29, 0.717) is 5.56 Å². The Morgan fingerprint density at radius 1 is 1.60 bits per heavy atom. The molecule has 1 aromatic carbocycles. The Morgan fingerprint density at radius 3 is 2.67 bits per heavy atom. The minimum Gasteiger partial charge on any atom is -0.493 e. The lowest BCUT2D eigenvalue weighted by Gasteiger charge is -2.15. The number of carboxylic acids is 1. The molecule has 0 radical (unpaired) electrons. The lowest BCUT2D eigenvalue weighted by Crippen LogP contribution is -2.22. The average molecular weight is 213 g/mol. The van der Waals surface area contributed by atoms with Crippen molar-refractivity contribution in [2.45, 2.75) is 13.0 Å². The highest BCUT2D eigenvalue weighted by molar-refractivity contribution is 5.77. The molecule has 0 bridgehead atoms. The van der Waals surface area contributed by atoms with Gasteiger partial charge in [-0.3, -0.25) is 4.79 Å². The lowest BCUT2D eigenvalue weighted by molar-refractivity contribution is -0.138. The molecule has 0 aromatic heterocycles. The molecule has 1 unspecified atom stereocenters. The van der Waals surface area contributed by atoms with E-state index in [4.69, 9.17) is 15.6 Å². The summed E-state index contributed by atoms with van der Waals surface area (Å²) in [5.41, 5.74) is 6.20. The van der Waals surface area contributed by atoms with Crippen molar-refractivity contribution < 1.29 is 19.0 Å². The molecule has 1 atom stereocenters. The third kappa shape index (κ3) is 2.07. The molecule has 0 saturated heterocycles. The number of nitrogens with two attached hydrogens (primary N) is 1. The number of hydrogen-bond donors (Lipinski definition) is 2. The van der Waals surface area contributed by atoms with Gasteiger partial charge in [-0.2, -0.15) is 0 Å². The maximum absolute atomic E-state index is 13.3. The lowest BCUT2D eigenvalue weighted by atomic mass is 10.0. The van der Waals surface area contributed by atoms with E-state index in [-0.39, 0.29) is 11.3 Å². The molecule has 0 heterocycles. The van der Waals surface area contributed by atoms with Gasteiger partial charge >= 0.3 is 5.97 Å². The Morgan fingerprint density at radius 2 is 2.20 bits per heavy atom. The third-order valence-corrected chi connectivity index (χ3v) is 2.15. The van der Waals surface area contributed by atoms with Crippen LogP contribution in [-0.4, -0.2) is 18.2 Å². The summed E-state index contributed by atoms with van der Waals surface area (Å²) in [6.45, 7) is 1.65. The van der Waals surface area contributed by atoms with Gasteiger partial charge in [-0.1, -0.05) is 6.07 Å². The molecule has 3 N–H and O–H groups in total. The van der Waals surface area contributed by atoms with Gasteiger partial charge in [0.1, 0.15) is 6.04 Å². The third-order valence-electron chi connectivity index (χ3n) is 2.15. The van der Waals surface area contributed by atoms with Crippen molar-refractivity contribution in [2.24, 2.45) is 5.73 Å². The first-order chi connectivity index (χ1) is 6.99. The Balaban J connectivity index is 3.37. The number of carboxylic acid groups (broad SMARTS) is 1. The van der Waals surface area contributed by atoms with Crippen molar-refractivity contribution >= 4 is 5.97 Å². The highest BCUT2D eigenvalue weighted by Gasteiger charge is 2.23. The zero-order valence-electron chi connectivity index (χ0n) is 8.45. The molecular weight excluding hydrogens is 201 g/mol. The van der Waals surface area contributed by atoms with Crippen LogP contribution in [0.3, 0.4) is 0 Å². The Hall–Kier alpha value is -1.62. The van der Waals surface area contributed by atoms with Crippen LogP contribution in [0.5, 0.6) is 5.75 Å². The van der Waals surface area contributed by atoms with E-state index in [1.165, 1.54) is 19.2 Å². The number of aryl methyl sites for hydroxylation is 1. The topological polar surface area (TPSA) is 72.5 Å². The van der Waals surface area contributed by atoms with Crippen molar-refractivity contribution in [1.29, 1.82) is 0 Å². The van der Waals surface area contributed by atoms with Crippen molar-refractivity contribution in [1.82, 2.24) is 0 Å². The van der Waals surface area contributed by atoms with Gasteiger partial charge in [-0.05, 0) is 18.6 Å². The fraction of sp³-hybridized carbons (Fsp3) is 0.300. The Labute approximate surface area is 86.5 Å². The maximum Gasteiger partial charge on any atom is 0.325 e. The smallest absolute Gasteiger partial charge is 0.325 e. The van der Waals surface area contributed by atoms with E-state index in [0.717, 1.165) is 0 Å². The monoisotopic (exact) mass is 213 g/mol. The minimum absolute atomic E-state index is 0.107. The van der Waals surface area contributed by atoms with Crippen molar-refractivity contribution in [2.75, 3.05) is 7.11 Å². The van der Waals surface area contributed by atoms with Gasteiger partial charge in [0.2, 0.25) is 0 Å². The zero-order valence-corrected chi connectivity index (χ0v) is 8.45. The molecule has 5 heteroatoms. The highest BCUT2D eigenvalue weighted by atomic mass is 19.1. The summed E-state index contributed by atoms with van der Waals surface area (Å²) in [6.07, 6.45) is 0. The van der Waals surface area contributed by atoms with Crippen LogP contribution < -0.4 is 10.5 Å². The van der Waals surface area contributed by atoms with Gasteiger partial charge in [0.05, 0.1) is 7.11 Å². The van der Waals surface area contributed by atoms with E-state index < -0.39 is 17.8 Å². The maximum atomic E-state index is 13.3. The number of aliphatic carboxylic acids is 1. The van der Waals surface area contributed by atoms with E-state index in [1.807, 2.05) is 0 Å². The van der Waals surface area contributed by atoms with Crippen molar-refractivity contribution in [3.05, 3.63) is 29.1 Å². The van der Waals surface area contributed by atoms with Crippen LogP contribution in [0.1, 0.15) is 17.2 Å². The van der Waals surface area contributed by atoms with Crippen LogP contribution in [-0.2, 0) is 4.79 Å². The number of hydrogen-bond acceptors (Lipinski definition) is 3. The summed E-state index contributed by atoms with van der Waals surface area (Å²) >= 11 is 0. The van der Waals surface area contributed by atoms with Crippen LogP contribution in [0, 0.1) is 12.7 Å². The molecule has 0 amide bonds. The number of rotatable bonds is 3. The van der Waals surface area contributed by atoms with Gasteiger partial charge in [-0.25, -0.2) is 4.39 Å². The van der Waals surface area contributed by atoms with Crippen LogP contribution in [0.2, 0.25) is 0 Å². The first kappa shape index (κ1) is 11.5. The van der Waals surface area contributed by atoms with E-state index >= 15 is 0 Å². The molecule has 0 spiro atoms. The zero-order chi connectivity index (χ0) is 11.6. The molecule has 0 fully saturated rings. The molecule has 0 aliphatic heterocycles. The number of halogens is 1. The number of ether oxygens (including phenoxy) is 1. The Bertz CT molecular complexity index is 392. The first-order valence-corrected chi connectivity index (χ1v) is 4.30. The SMILES string of the molecule is COc1c(F)ccc(C)c1C(N)C(=O)O.